The van der Waals surface area contributed by atoms with Gasteiger partial charge in [0.1, 0.15) is 0 Å². The Morgan fingerprint density at radius 1 is 1.47 bits per heavy atom. The van der Waals surface area contributed by atoms with Crippen molar-refractivity contribution in [3.05, 3.63) is 0 Å². The Morgan fingerprint density at radius 3 is 2.82 bits per heavy atom. The predicted molar refractivity (Wildman–Crippen MR) is 70.0 cm³/mol. The summed E-state index contributed by atoms with van der Waals surface area (Å²) in [5.41, 5.74) is 5.43. The SMILES string of the molecule is NCC1(C(=O)NCC2CCCS2)CCOCC1. The van der Waals surface area contributed by atoms with Gasteiger partial charge in [-0.1, -0.05) is 0 Å². The fourth-order valence-electron chi connectivity index (χ4n) is 2.49. The summed E-state index contributed by atoms with van der Waals surface area (Å²) < 4.78 is 5.32. The van der Waals surface area contributed by atoms with Gasteiger partial charge in [0.25, 0.3) is 0 Å². The highest BCUT2D eigenvalue weighted by molar-refractivity contribution is 8.00. The van der Waals surface area contributed by atoms with E-state index in [0.717, 1.165) is 19.4 Å². The van der Waals surface area contributed by atoms with Gasteiger partial charge in [0.05, 0.1) is 5.41 Å². The Hall–Kier alpha value is -0.260. The average molecular weight is 258 g/mol. The molecule has 0 aromatic carbocycles. The molecule has 17 heavy (non-hydrogen) atoms. The summed E-state index contributed by atoms with van der Waals surface area (Å²) in [6.07, 6.45) is 4.02. The molecule has 0 aliphatic carbocycles. The molecule has 0 bridgehead atoms. The summed E-state index contributed by atoms with van der Waals surface area (Å²) in [6.45, 7) is 2.54. The highest BCUT2D eigenvalue weighted by Gasteiger charge is 2.38. The molecule has 0 aromatic rings. The van der Waals surface area contributed by atoms with E-state index in [2.05, 4.69) is 5.32 Å². The van der Waals surface area contributed by atoms with Crippen LogP contribution in [0.4, 0.5) is 0 Å². The molecule has 3 N–H and O–H groups in total. The van der Waals surface area contributed by atoms with E-state index < -0.39 is 0 Å². The lowest BCUT2D eigenvalue weighted by atomic mass is 9.79. The van der Waals surface area contributed by atoms with Crippen molar-refractivity contribution >= 4 is 17.7 Å². The molecule has 98 valence electrons. The van der Waals surface area contributed by atoms with Gasteiger partial charge in [0.15, 0.2) is 0 Å². The minimum Gasteiger partial charge on any atom is -0.381 e. The van der Waals surface area contributed by atoms with Crippen LogP contribution in [0.15, 0.2) is 0 Å². The first-order valence-corrected chi connectivity index (χ1v) is 7.49. The van der Waals surface area contributed by atoms with Crippen molar-refractivity contribution in [1.82, 2.24) is 5.32 Å². The number of nitrogens with two attached hydrogens (primary N) is 1. The molecule has 1 atom stereocenters. The molecule has 2 heterocycles. The van der Waals surface area contributed by atoms with E-state index in [-0.39, 0.29) is 11.3 Å². The topological polar surface area (TPSA) is 64.4 Å². The number of hydrogen-bond donors (Lipinski definition) is 2. The molecule has 0 radical (unpaired) electrons. The maximum atomic E-state index is 12.3. The zero-order chi connectivity index (χ0) is 12.1. The number of rotatable bonds is 4. The number of carbonyl (C=O) groups excluding carboxylic acids is 1. The molecule has 1 unspecified atom stereocenters. The molecule has 0 saturated carbocycles. The minimum absolute atomic E-state index is 0.135. The maximum Gasteiger partial charge on any atom is 0.227 e. The van der Waals surface area contributed by atoms with Gasteiger partial charge in [0, 0.05) is 31.6 Å². The summed E-state index contributed by atoms with van der Waals surface area (Å²) >= 11 is 1.97. The van der Waals surface area contributed by atoms with Crippen LogP contribution in [0.1, 0.15) is 25.7 Å². The first-order valence-electron chi connectivity index (χ1n) is 6.44. The first-order chi connectivity index (χ1) is 8.27. The van der Waals surface area contributed by atoms with E-state index in [9.17, 15) is 4.79 Å². The summed E-state index contributed by atoms with van der Waals surface area (Å²) in [6, 6.07) is 0. The fraction of sp³-hybridized carbons (Fsp3) is 0.917. The van der Waals surface area contributed by atoms with Crippen molar-refractivity contribution in [2.75, 3.05) is 32.1 Å². The fourth-order valence-corrected chi connectivity index (χ4v) is 3.69. The van der Waals surface area contributed by atoms with Crippen LogP contribution >= 0.6 is 11.8 Å². The highest BCUT2D eigenvalue weighted by atomic mass is 32.2. The Bertz CT molecular complexity index is 261. The number of ether oxygens (including phenoxy) is 1. The van der Waals surface area contributed by atoms with Crippen LogP contribution in [0.3, 0.4) is 0 Å². The van der Waals surface area contributed by atoms with Crippen LogP contribution in [0.5, 0.6) is 0 Å². The van der Waals surface area contributed by atoms with Gasteiger partial charge >= 0.3 is 0 Å². The minimum atomic E-state index is -0.373. The van der Waals surface area contributed by atoms with E-state index in [4.69, 9.17) is 10.5 Å². The van der Waals surface area contributed by atoms with Crippen molar-refractivity contribution in [1.29, 1.82) is 0 Å². The largest absolute Gasteiger partial charge is 0.381 e. The van der Waals surface area contributed by atoms with E-state index in [1.807, 2.05) is 11.8 Å². The normalized spacial score (nSPS) is 27.9. The van der Waals surface area contributed by atoms with Crippen LogP contribution in [0, 0.1) is 5.41 Å². The second-order valence-electron chi connectivity index (χ2n) is 4.94. The molecule has 2 saturated heterocycles. The van der Waals surface area contributed by atoms with Crippen molar-refractivity contribution in [2.45, 2.75) is 30.9 Å². The second kappa shape index (κ2) is 6.07. The zero-order valence-corrected chi connectivity index (χ0v) is 11.1. The molecular formula is C12H22N2O2S. The number of amides is 1. The standard InChI is InChI=1S/C12H22N2O2S/c13-9-12(3-5-16-6-4-12)11(15)14-8-10-2-1-7-17-10/h10H,1-9,13H2,(H,14,15). The Morgan fingerprint density at radius 2 is 2.24 bits per heavy atom. The third-order valence-electron chi connectivity index (χ3n) is 3.84. The van der Waals surface area contributed by atoms with Crippen LogP contribution in [-0.4, -0.2) is 43.2 Å². The van der Waals surface area contributed by atoms with E-state index >= 15 is 0 Å². The quantitative estimate of drug-likeness (QED) is 0.781. The maximum absolute atomic E-state index is 12.3. The Kier molecular flexibility index (Phi) is 4.70. The van der Waals surface area contributed by atoms with Crippen LogP contribution < -0.4 is 11.1 Å². The number of thioether (sulfide) groups is 1. The van der Waals surface area contributed by atoms with Gasteiger partial charge < -0.3 is 15.8 Å². The molecule has 2 aliphatic heterocycles. The highest BCUT2D eigenvalue weighted by Crippen LogP contribution is 2.30. The molecule has 4 nitrogen and oxygen atoms in total. The summed E-state index contributed by atoms with van der Waals surface area (Å²) in [4.78, 5) is 12.3. The van der Waals surface area contributed by atoms with E-state index in [1.54, 1.807) is 0 Å². The van der Waals surface area contributed by atoms with Gasteiger partial charge in [-0.25, -0.2) is 0 Å². The molecule has 5 heteroatoms. The molecule has 0 spiro atoms. The number of carbonyl (C=O) groups is 1. The lowest BCUT2D eigenvalue weighted by Crippen LogP contribution is -2.50. The molecule has 2 rings (SSSR count). The molecule has 2 aliphatic rings. The second-order valence-corrected chi connectivity index (χ2v) is 6.35. The van der Waals surface area contributed by atoms with Crippen LogP contribution in [0.25, 0.3) is 0 Å². The van der Waals surface area contributed by atoms with Gasteiger partial charge in [-0.05, 0) is 31.4 Å². The Labute approximate surface area is 107 Å². The third kappa shape index (κ3) is 3.14. The van der Waals surface area contributed by atoms with Gasteiger partial charge in [0.2, 0.25) is 5.91 Å². The van der Waals surface area contributed by atoms with Gasteiger partial charge in [-0.2, -0.15) is 11.8 Å². The molecule has 2 fully saturated rings. The molecule has 0 aromatic heterocycles. The van der Waals surface area contributed by atoms with E-state index in [0.29, 0.717) is 25.0 Å². The van der Waals surface area contributed by atoms with Crippen molar-refractivity contribution in [3.63, 3.8) is 0 Å². The Balaban J connectivity index is 1.83. The predicted octanol–water partition coefficient (Wildman–Crippen LogP) is 0.754. The van der Waals surface area contributed by atoms with Crippen molar-refractivity contribution < 1.29 is 9.53 Å². The monoisotopic (exact) mass is 258 g/mol. The lowest BCUT2D eigenvalue weighted by molar-refractivity contribution is -0.135. The zero-order valence-electron chi connectivity index (χ0n) is 10.2. The summed E-state index contributed by atoms with van der Waals surface area (Å²) in [5.74, 6) is 1.37. The van der Waals surface area contributed by atoms with Crippen LogP contribution in [-0.2, 0) is 9.53 Å². The molecular weight excluding hydrogens is 236 g/mol. The van der Waals surface area contributed by atoms with E-state index in [1.165, 1.54) is 18.6 Å². The summed E-state index contributed by atoms with van der Waals surface area (Å²) in [7, 11) is 0. The smallest absolute Gasteiger partial charge is 0.227 e. The summed E-state index contributed by atoms with van der Waals surface area (Å²) in [5, 5.41) is 3.70. The third-order valence-corrected chi connectivity index (χ3v) is 5.23. The lowest BCUT2D eigenvalue weighted by Gasteiger charge is -2.34. The first kappa shape index (κ1) is 13.2. The van der Waals surface area contributed by atoms with Crippen molar-refractivity contribution in [2.24, 2.45) is 11.1 Å². The number of hydrogen-bond acceptors (Lipinski definition) is 4. The van der Waals surface area contributed by atoms with Crippen molar-refractivity contribution in [3.8, 4) is 0 Å². The van der Waals surface area contributed by atoms with Crippen LogP contribution in [0.2, 0.25) is 0 Å². The average Bonchev–Trinajstić information content (AvgIpc) is 2.90. The number of nitrogens with one attached hydrogen (secondary N) is 1. The van der Waals surface area contributed by atoms with Gasteiger partial charge in [-0.3, -0.25) is 4.79 Å². The molecule has 1 amide bonds. The van der Waals surface area contributed by atoms with Gasteiger partial charge in [-0.15, -0.1) is 0 Å².